The van der Waals surface area contributed by atoms with E-state index in [4.69, 9.17) is 9.26 Å². The van der Waals surface area contributed by atoms with Crippen LogP contribution in [-0.2, 0) is 4.79 Å². The number of aliphatic hydroxyl groups is 1. The van der Waals surface area contributed by atoms with Gasteiger partial charge in [0.05, 0.1) is 6.54 Å². The monoisotopic (exact) mass is 416 g/mol. The highest BCUT2D eigenvalue weighted by Gasteiger charge is 2.21. The molecule has 1 aromatic heterocycles. The Morgan fingerprint density at radius 2 is 1.93 bits per heavy atom. The molecule has 8 heteroatoms. The third-order valence-electron chi connectivity index (χ3n) is 5.17. The molecule has 1 fully saturated rings. The van der Waals surface area contributed by atoms with Gasteiger partial charge in [0.25, 0.3) is 0 Å². The van der Waals surface area contributed by atoms with E-state index in [2.05, 4.69) is 40.2 Å². The number of nitrogens with zero attached hydrogens (tertiary/aromatic N) is 3. The first-order valence-corrected chi connectivity index (χ1v) is 10.5. The molecule has 0 bridgehead atoms. The van der Waals surface area contributed by atoms with Crippen LogP contribution < -0.4 is 10.1 Å². The molecule has 8 nitrogen and oxygen atoms in total. The van der Waals surface area contributed by atoms with Gasteiger partial charge >= 0.3 is 0 Å². The summed E-state index contributed by atoms with van der Waals surface area (Å²) in [4.78, 5) is 16.4. The van der Waals surface area contributed by atoms with Crippen LogP contribution in [0.25, 0.3) is 0 Å². The molecule has 2 aromatic rings. The Morgan fingerprint density at radius 1 is 1.23 bits per heavy atom. The second-order valence-electron chi connectivity index (χ2n) is 8.11. The summed E-state index contributed by atoms with van der Waals surface area (Å²) >= 11 is 0. The maximum atomic E-state index is 12.1. The van der Waals surface area contributed by atoms with Crippen molar-refractivity contribution in [3.63, 3.8) is 0 Å². The Kier molecular flexibility index (Phi) is 7.84. The fourth-order valence-corrected chi connectivity index (χ4v) is 3.57. The van der Waals surface area contributed by atoms with Gasteiger partial charge in [-0.2, -0.15) is 0 Å². The number of para-hydroxylation sites is 1. The number of ether oxygens (including phenoxy) is 1. The Labute approximate surface area is 177 Å². The third-order valence-corrected chi connectivity index (χ3v) is 5.17. The molecular formula is C22H32N4O4. The summed E-state index contributed by atoms with van der Waals surface area (Å²) in [6.07, 6.45) is -0.560. The number of benzene rings is 1. The molecule has 3 rings (SSSR count). The average molecular weight is 417 g/mol. The molecule has 1 saturated heterocycles. The van der Waals surface area contributed by atoms with Gasteiger partial charge < -0.3 is 19.7 Å². The van der Waals surface area contributed by atoms with E-state index in [0.717, 1.165) is 37.5 Å². The van der Waals surface area contributed by atoms with Crippen molar-refractivity contribution in [2.45, 2.75) is 32.8 Å². The van der Waals surface area contributed by atoms with Gasteiger partial charge in [0.15, 0.2) is 5.82 Å². The summed E-state index contributed by atoms with van der Waals surface area (Å²) in [6.45, 7) is 10.3. The molecule has 0 spiro atoms. The number of aromatic nitrogens is 1. The van der Waals surface area contributed by atoms with Crippen molar-refractivity contribution >= 4 is 11.7 Å². The van der Waals surface area contributed by atoms with E-state index in [1.54, 1.807) is 13.0 Å². The predicted molar refractivity (Wildman–Crippen MR) is 115 cm³/mol. The highest BCUT2D eigenvalue weighted by atomic mass is 16.5. The van der Waals surface area contributed by atoms with E-state index in [1.165, 1.54) is 0 Å². The van der Waals surface area contributed by atoms with E-state index >= 15 is 0 Å². The predicted octanol–water partition coefficient (Wildman–Crippen LogP) is 2.10. The zero-order valence-corrected chi connectivity index (χ0v) is 18.0. The van der Waals surface area contributed by atoms with Crippen LogP contribution in [0.15, 0.2) is 34.9 Å². The Hall–Kier alpha value is -2.42. The fourth-order valence-electron chi connectivity index (χ4n) is 3.57. The van der Waals surface area contributed by atoms with E-state index < -0.39 is 6.10 Å². The van der Waals surface area contributed by atoms with Crippen molar-refractivity contribution in [2.75, 3.05) is 51.2 Å². The molecule has 1 atom stereocenters. The molecule has 0 saturated carbocycles. The smallest absolute Gasteiger partial charge is 0.239 e. The van der Waals surface area contributed by atoms with Gasteiger partial charge in [-0.05, 0) is 24.5 Å². The summed E-state index contributed by atoms with van der Waals surface area (Å²) in [5.74, 6) is 2.21. The van der Waals surface area contributed by atoms with Crippen LogP contribution in [-0.4, -0.2) is 77.9 Å². The maximum absolute atomic E-state index is 12.1. The lowest BCUT2D eigenvalue weighted by Crippen LogP contribution is -2.50. The summed E-state index contributed by atoms with van der Waals surface area (Å²) in [5.41, 5.74) is 1.15. The first-order chi connectivity index (χ1) is 14.4. The minimum Gasteiger partial charge on any atom is -0.491 e. The highest BCUT2D eigenvalue weighted by Crippen LogP contribution is 2.25. The van der Waals surface area contributed by atoms with Crippen LogP contribution in [0.3, 0.4) is 0 Å². The molecule has 2 heterocycles. The van der Waals surface area contributed by atoms with Crippen molar-refractivity contribution in [1.82, 2.24) is 15.0 Å². The number of carbonyl (C=O) groups is 1. The van der Waals surface area contributed by atoms with Crippen molar-refractivity contribution < 1.29 is 19.2 Å². The molecule has 1 aromatic carbocycles. The normalized spacial score (nSPS) is 16.6. The molecule has 1 amide bonds. The fraction of sp³-hybridized carbons (Fsp3) is 0.545. The zero-order valence-electron chi connectivity index (χ0n) is 18.0. The van der Waals surface area contributed by atoms with Gasteiger partial charge in [-0.3, -0.25) is 14.6 Å². The number of aliphatic hydroxyl groups excluding tert-OH is 1. The molecule has 1 aliphatic heterocycles. The second-order valence-corrected chi connectivity index (χ2v) is 8.11. The van der Waals surface area contributed by atoms with E-state index in [-0.39, 0.29) is 12.5 Å². The number of nitrogens with one attached hydrogen (secondary N) is 1. The summed E-state index contributed by atoms with van der Waals surface area (Å²) in [7, 11) is 0. The maximum Gasteiger partial charge on any atom is 0.239 e. The van der Waals surface area contributed by atoms with Crippen LogP contribution in [0.5, 0.6) is 5.75 Å². The van der Waals surface area contributed by atoms with Crippen molar-refractivity contribution in [3.8, 4) is 5.75 Å². The van der Waals surface area contributed by atoms with Gasteiger partial charge in [0.2, 0.25) is 5.91 Å². The molecule has 0 aliphatic carbocycles. The van der Waals surface area contributed by atoms with E-state index in [0.29, 0.717) is 30.6 Å². The van der Waals surface area contributed by atoms with Gasteiger partial charge in [0.1, 0.15) is 24.2 Å². The minimum atomic E-state index is -0.560. The van der Waals surface area contributed by atoms with Crippen LogP contribution >= 0.6 is 0 Å². The third kappa shape index (κ3) is 6.55. The largest absolute Gasteiger partial charge is 0.491 e. The minimum absolute atomic E-state index is 0.103. The Bertz CT molecular complexity index is 815. The number of hydrogen-bond acceptors (Lipinski definition) is 7. The molecule has 1 aliphatic rings. The number of β-amino-alcohol motifs (C(OH)–C–C–N with tert-alkyl or cyclic N) is 1. The molecule has 164 valence electrons. The quantitative estimate of drug-likeness (QED) is 0.647. The number of anilines is 1. The number of piperazine rings is 1. The number of aryl methyl sites for hydroxylation is 1. The Balaban J connectivity index is 1.36. The van der Waals surface area contributed by atoms with Crippen LogP contribution in [0.1, 0.15) is 31.1 Å². The summed E-state index contributed by atoms with van der Waals surface area (Å²) in [6, 6.07) is 9.66. The van der Waals surface area contributed by atoms with Crippen molar-refractivity contribution in [1.29, 1.82) is 0 Å². The van der Waals surface area contributed by atoms with E-state index in [9.17, 15) is 9.90 Å². The number of carbonyl (C=O) groups excluding carboxylic acids is 1. The van der Waals surface area contributed by atoms with Crippen LogP contribution in [0.2, 0.25) is 0 Å². The van der Waals surface area contributed by atoms with Gasteiger partial charge in [-0.25, -0.2) is 0 Å². The van der Waals surface area contributed by atoms with Crippen molar-refractivity contribution in [3.05, 3.63) is 41.7 Å². The molecule has 0 radical (unpaired) electrons. The van der Waals surface area contributed by atoms with Crippen LogP contribution in [0.4, 0.5) is 5.82 Å². The number of amides is 1. The number of rotatable bonds is 9. The van der Waals surface area contributed by atoms with Gasteiger partial charge in [-0.1, -0.05) is 37.2 Å². The molecular weight excluding hydrogens is 384 g/mol. The average Bonchev–Trinajstić information content (AvgIpc) is 3.12. The molecule has 1 unspecified atom stereocenters. The first kappa shape index (κ1) is 22.3. The number of hydrogen-bond donors (Lipinski definition) is 2. The van der Waals surface area contributed by atoms with Crippen LogP contribution in [0, 0.1) is 6.92 Å². The highest BCUT2D eigenvalue weighted by molar-refractivity contribution is 5.91. The van der Waals surface area contributed by atoms with Crippen molar-refractivity contribution in [2.24, 2.45) is 0 Å². The van der Waals surface area contributed by atoms with Gasteiger partial charge in [0, 0.05) is 38.8 Å². The SMILES string of the molecule is Cc1cc(NC(=O)CN2CCN(CC(O)COc3ccccc3C(C)C)CC2)no1. The van der Waals surface area contributed by atoms with Gasteiger partial charge in [-0.15, -0.1) is 0 Å². The summed E-state index contributed by atoms with van der Waals surface area (Å²) in [5, 5.41) is 16.9. The molecule has 2 N–H and O–H groups in total. The van der Waals surface area contributed by atoms with E-state index in [1.807, 2.05) is 18.2 Å². The standard InChI is InChI=1S/C22H32N4O4/c1-16(2)19-6-4-5-7-20(19)29-15-18(27)13-25-8-10-26(11-9-25)14-22(28)23-21-12-17(3)30-24-21/h4-7,12,16,18,27H,8-11,13-15H2,1-3H3,(H,23,24,28). The first-order valence-electron chi connectivity index (χ1n) is 10.5. The lowest BCUT2D eigenvalue weighted by molar-refractivity contribution is -0.117. The lowest BCUT2D eigenvalue weighted by atomic mass is 10.0. The molecule has 30 heavy (non-hydrogen) atoms. The topological polar surface area (TPSA) is 91.1 Å². The second kappa shape index (κ2) is 10.6. The Morgan fingerprint density at radius 3 is 2.60 bits per heavy atom. The lowest BCUT2D eigenvalue weighted by Gasteiger charge is -2.35. The summed E-state index contributed by atoms with van der Waals surface area (Å²) < 4.78 is 10.8. The zero-order chi connectivity index (χ0) is 21.5.